The fourth-order valence-corrected chi connectivity index (χ4v) is 7.19. The van der Waals surface area contributed by atoms with E-state index in [1.165, 1.54) is 40.0 Å². The number of hydrogen-bond donors (Lipinski definition) is 3. The van der Waals surface area contributed by atoms with Gasteiger partial charge in [-0.15, -0.1) is 0 Å². The van der Waals surface area contributed by atoms with E-state index in [0.717, 1.165) is 57.8 Å². The van der Waals surface area contributed by atoms with E-state index in [-0.39, 0.29) is 69.8 Å². The van der Waals surface area contributed by atoms with Crippen LogP contribution in [0.15, 0.2) is 73.6 Å². The largest absolute Gasteiger partial charge is 0.451 e. The van der Waals surface area contributed by atoms with E-state index in [4.69, 9.17) is 0 Å². The van der Waals surface area contributed by atoms with Gasteiger partial charge >= 0.3 is 18.5 Å². The molecule has 12 rings (SSSR count). The summed E-state index contributed by atoms with van der Waals surface area (Å²) in [5.74, 6) is -3.76. The van der Waals surface area contributed by atoms with Gasteiger partial charge in [0.1, 0.15) is 24.0 Å². The highest BCUT2D eigenvalue weighted by molar-refractivity contribution is 5.86. The van der Waals surface area contributed by atoms with Crippen LogP contribution >= 0.6 is 0 Å². The number of benzene rings is 2. The van der Waals surface area contributed by atoms with Crippen LogP contribution in [-0.2, 0) is 18.5 Å². The molecule has 0 spiro atoms. The summed E-state index contributed by atoms with van der Waals surface area (Å²) in [6, 6.07) is 15.4. The van der Waals surface area contributed by atoms with Gasteiger partial charge in [0.15, 0.2) is 45.4 Å². The number of rotatable bonds is 9. The fraction of sp³-hybridized carbons (Fsp3) is 0.372. The summed E-state index contributed by atoms with van der Waals surface area (Å²) in [5.41, 5.74) is 2.05. The number of halogens is 10. The van der Waals surface area contributed by atoms with Gasteiger partial charge in [0.2, 0.25) is 17.5 Å². The number of fused-ring (bicyclic) bond motifs is 3. The zero-order valence-corrected chi connectivity index (χ0v) is 35.2. The minimum atomic E-state index is -4.71. The van der Waals surface area contributed by atoms with Gasteiger partial charge in [-0.25, -0.2) is 49.2 Å². The molecule has 6 aromatic heterocycles. The first kappa shape index (κ1) is 44.6. The third kappa shape index (κ3) is 9.50. The molecule has 354 valence electrons. The number of alkyl halides is 9. The zero-order valence-electron chi connectivity index (χ0n) is 35.2. The van der Waals surface area contributed by atoms with Crippen molar-refractivity contribution in [3.8, 4) is 11.4 Å². The molecule has 0 unspecified atom stereocenters. The number of anilines is 3. The number of nitrogens with one attached hydrogen (secondary N) is 3. The van der Waals surface area contributed by atoms with Crippen LogP contribution in [0, 0.1) is 5.82 Å². The Labute approximate surface area is 377 Å². The van der Waals surface area contributed by atoms with Gasteiger partial charge in [-0.1, -0.05) is 30.3 Å². The van der Waals surface area contributed by atoms with Crippen molar-refractivity contribution >= 4 is 50.9 Å². The molecule has 0 amide bonds. The molecule has 25 heteroatoms. The SMILES string of the molecule is FC(F)(F)c1nc(NC2CC2)c2ncn(-c3ccccc3)c2n1.FC(F)(F)c1nc(NC2CC2)c2ncn(C3CCC3)c2n1.Fc1ccccc1-n1cnc2c(NC3CC3)nc(C(F)(F)F)nc21. The Kier molecular flexibility index (Phi) is 11.2. The van der Waals surface area contributed by atoms with Gasteiger partial charge in [-0.3, -0.25) is 9.13 Å². The lowest BCUT2D eigenvalue weighted by molar-refractivity contribution is -0.145. The zero-order chi connectivity index (χ0) is 47.5. The minimum Gasteiger partial charge on any atom is -0.365 e. The van der Waals surface area contributed by atoms with E-state index in [1.807, 2.05) is 6.07 Å². The lowest BCUT2D eigenvalue weighted by Crippen LogP contribution is -2.19. The van der Waals surface area contributed by atoms with Crippen LogP contribution in [0.1, 0.15) is 81.3 Å². The number of imidazole rings is 3. The van der Waals surface area contributed by atoms with Gasteiger partial charge in [0.05, 0.1) is 12.0 Å². The quantitative estimate of drug-likeness (QED) is 0.117. The topological polar surface area (TPSA) is 167 Å². The van der Waals surface area contributed by atoms with Crippen molar-refractivity contribution in [2.45, 2.75) is 100 Å². The molecule has 0 aliphatic heterocycles. The molecule has 0 atom stereocenters. The molecule has 15 nitrogen and oxygen atoms in total. The highest BCUT2D eigenvalue weighted by Crippen LogP contribution is 2.38. The molecule has 4 aliphatic rings. The summed E-state index contributed by atoms with van der Waals surface area (Å²) in [7, 11) is 0. The Bertz CT molecular complexity index is 3110. The molecule has 6 heterocycles. The average Bonchev–Trinajstić information content (AvgIpc) is 4.25. The van der Waals surface area contributed by atoms with Crippen molar-refractivity contribution in [3.05, 3.63) is 96.9 Å². The van der Waals surface area contributed by atoms with Crippen molar-refractivity contribution in [2.75, 3.05) is 16.0 Å². The van der Waals surface area contributed by atoms with E-state index in [1.54, 1.807) is 41.2 Å². The smallest absolute Gasteiger partial charge is 0.365 e. The number of nitrogens with zero attached hydrogens (tertiary/aromatic N) is 12. The molecular formula is C43H37F10N15. The van der Waals surface area contributed by atoms with Crippen LogP contribution in [0.2, 0.25) is 0 Å². The minimum absolute atomic E-state index is 0.0184. The second kappa shape index (κ2) is 17.1. The van der Waals surface area contributed by atoms with E-state index in [9.17, 15) is 43.9 Å². The first-order chi connectivity index (χ1) is 32.5. The molecular weight excluding hydrogens is 917 g/mol. The molecule has 0 saturated heterocycles. The maximum absolute atomic E-state index is 14.0. The van der Waals surface area contributed by atoms with Gasteiger partial charge in [0, 0.05) is 29.9 Å². The van der Waals surface area contributed by atoms with E-state index < -0.39 is 41.8 Å². The average molecular weight is 954 g/mol. The van der Waals surface area contributed by atoms with Crippen LogP contribution in [-0.4, -0.2) is 76.7 Å². The highest BCUT2D eigenvalue weighted by atomic mass is 19.4. The van der Waals surface area contributed by atoms with E-state index in [2.05, 4.69) is 60.8 Å². The lowest BCUT2D eigenvalue weighted by atomic mass is 9.93. The van der Waals surface area contributed by atoms with Gasteiger partial charge < -0.3 is 20.5 Å². The molecule has 2 aromatic carbocycles. The predicted octanol–water partition coefficient (Wildman–Crippen LogP) is 10.1. The van der Waals surface area contributed by atoms with Crippen molar-refractivity contribution in [1.82, 2.24) is 58.6 Å². The van der Waals surface area contributed by atoms with Crippen LogP contribution in [0.3, 0.4) is 0 Å². The van der Waals surface area contributed by atoms with Crippen molar-refractivity contribution in [1.29, 1.82) is 0 Å². The molecule has 68 heavy (non-hydrogen) atoms. The maximum atomic E-state index is 14.0. The molecule has 4 fully saturated rings. The molecule has 8 aromatic rings. The van der Waals surface area contributed by atoms with Gasteiger partial charge in [-0.05, 0) is 82.1 Å². The highest BCUT2D eigenvalue weighted by Gasteiger charge is 2.40. The Morgan fingerprint density at radius 1 is 0.456 bits per heavy atom. The predicted molar refractivity (Wildman–Crippen MR) is 226 cm³/mol. The van der Waals surface area contributed by atoms with Crippen LogP contribution in [0.25, 0.3) is 44.9 Å². The number of aromatic nitrogens is 12. The third-order valence-corrected chi connectivity index (χ3v) is 11.3. The Hall–Kier alpha value is -7.21. The second-order valence-electron chi connectivity index (χ2n) is 16.7. The number of para-hydroxylation sites is 2. The summed E-state index contributed by atoms with van der Waals surface area (Å²) >= 11 is 0. The van der Waals surface area contributed by atoms with Gasteiger partial charge in [-0.2, -0.15) is 39.5 Å². The van der Waals surface area contributed by atoms with E-state index in [0.29, 0.717) is 16.7 Å². The maximum Gasteiger partial charge on any atom is 0.451 e. The standard InChI is InChI=1S/C15H11F4N5.C15H12F3N5.C13H14F3N5/c16-9-3-1-2-4-10(9)24-7-20-11-12(21-8-5-6-8)22-14(15(17,18)19)23-13(11)24;16-15(17,18)14-21-12(20-9-6-7-9)11-13(22-14)23(8-19-11)10-4-2-1-3-5-10;14-13(15,16)12-19-10(18-7-4-5-7)9-11(20-12)21(6-17-9)8-2-1-3-8/h1-4,7-8H,5-6H2,(H,21,22,23);1-5,8-9H,6-7H2,(H,20,21,22);6-8H,1-5H2,(H,18,19,20). The molecule has 4 aliphatic carbocycles. The lowest BCUT2D eigenvalue weighted by Gasteiger charge is -2.26. The molecule has 0 radical (unpaired) electrons. The third-order valence-electron chi connectivity index (χ3n) is 11.3. The van der Waals surface area contributed by atoms with Crippen LogP contribution in [0.4, 0.5) is 61.4 Å². The number of hydrogen-bond acceptors (Lipinski definition) is 12. The van der Waals surface area contributed by atoms with Crippen molar-refractivity contribution in [3.63, 3.8) is 0 Å². The first-order valence-corrected chi connectivity index (χ1v) is 21.5. The summed E-state index contributed by atoms with van der Waals surface area (Å²) in [4.78, 5) is 34.4. The molecule has 0 bridgehead atoms. The summed E-state index contributed by atoms with van der Waals surface area (Å²) < 4.78 is 136. The fourth-order valence-electron chi connectivity index (χ4n) is 7.19. The summed E-state index contributed by atoms with van der Waals surface area (Å²) in [6.07, 6.45) is -1.09. The normalized spacial score (nSPS) is 16.5. The molecule has 4 saturated carbocycles. The van der Waals surface area contributed by atoms with E-state index >= 15 is 0 Å². The van der Waals surface area contributed by atoms with Gasteiger partial charge in [0.25, 0.3) is 0 Å². The van der Waals surface area contributed by atoms with Crippen LogP contribution in [0.5, 0.6) is 0 Å². The molecule has 3 N–H and O–H groups in total. The monoisotopic (exact) mass is 953 g/mol. The van der Waals surface area contributed by atoms with Crippen LogP contribution < -0.4 is 16.0 Å². The van der Waals surface area contributed by atoms with Crippen molar-refractivity contribution < 1.29 is 43.9 Å². The first-order valence-electron chi connectivity index (χ1n) is 21.5. The summed E-state index contributed by atoms with van der Waals surface area (Å²) in [5, 5.41) is 8.97. The second-order valence-corrected chi connectivity index (χ2v) is 16.7. The van der Waals surface area contributed by atoms with Crippen molar-refractivity contribution in [2.24, 2.45) is 0 Å². The Morgan fingerprint density at radius 2 is 0.868 bits per heavy atom. The Balaban J connectivity index is 0.000000119. The Morgan fingerprint density at radius 3 is 1.31 bits per heavy atom. The summed E-state index contributed by atoms with van der Waals surface area (Å²) in [6.45, 7) is 0.